The van der Waals surface area contributed by atoms with Crippen molar-refractivity contribution in [3.63, 3.8) is 0 Å². The molecule has 3 aliphatic rings. The molecule has 3 N–H and O–H groups in total. The summed E-state index contributed by atoms with van der Waals surface area (Å²) in [5, 5.41) is 17.0. The Kier molecular flexibility index (Phi) is 6.64. The molecule has 4 heterocycles. The average Bonchev–Trinajstić information content (AvgIpc) is 3.49. The summed E-state index contributed by atoms with van der Waals surface area (Å²) in [4.78, 5) is 13.5. The van der Waals surface area contributed by atoms with Gasteiger partial charge in [0.25, 0.3) is 15.9 Å². The van der Waals surface area contributed by atoms with E-state index in [1.165, 1.54) is 12.8 Å². The van der Waals surface area contributed by atoms with Crippen LogP contribution < -0.4 is 14.5 Å². The Bertz CT molecular complexity index is 1520. The number of aliphatic hydroxyl groups is 1. The van der Waals surface area contributed by atoms with Crippen LogP contribution in [0, 0.1) is 5.41 Å². The number of nitrogens with zero attached hydrogens (tertiary/aromatic N) is 5. The predicted molar refractivity (Wildman–Crippen MR) is 149 cm³/mol. The molecule has 2 saturated heterocycles. The van der Waals surface area contributed by atoms with Crippen molar-refractivity contribution < 1.29 is 22.3 Å². The fourth-order valence-corrected chi connectivity index (χ4v) is 6.20. The molecule has 13 heteroatoms. The second-order valence-corrected chi connectivity index (χ2v) is 12.4. The van der Waals surface area contributed by atoms with E-state index in [2.05, 4.69) is 24.8 Å². The van der Waals surface area contributed by atoms with E-state index >= 15 is 0 Å². The van der Waals surface area contributed by atoms with Crippen LogP contribution in [0.4, 0.5) is 26.0 Å². The number of alkyl halides is 2. The highest BCUT2D eigenvalue weighted by Crippen LogP contribution is 2.54. The molecule has 3 aromatic rings. The molecule has 3 fully saturated rings. The van der Waals surface area contributed by atoms with E-state index in [-0.39, 0.29) is 25.9 Å². The second-order valence-electron chi connectivity index (χ2n) is 10.9. The smallest absolute Gasteiger partial charge is 0.258 e. The van der Waals surface area contributed by atoms with E-state index < -0.39 is 15.9 Å². The number of nitrogens with one attached hydrogen (secondary N) is 2. The van der Waals surface area contributed by atoms with Gasteiger partial charge in [0.05, 0.1) is 17.4 Å². The number of aromatic amines is 1. The fourth-order valence-electron chi connectivity index (χ4n) is 5.51. The Hall–Kier alpha value is -3.74. The van der Waals surface area contributed by atoms with Gasteiger partial charge < -0.3 is 14.9 Å². The number of aliphatic hydroxyl groups excluding tert-OH is 1. The van der Waals surface area contributed by atoms with Crippen molar-refractivity contribution in [1.82, 2.24) is 20.2 Å². The number of piperidine rings is 2. The minimum Gasteiger partial charge on any atom is -0.515 e. The maximum Gasteiger partial charge on any atom is 0.258 e. The van der Waals surface area contributed by atoms with E-state index in [1.54, 1.807) is 30.3 Å². The number of hydrogen-bond acceptors (Lipinski definition) is 8. The van der Waals surface area contributed by atoms with Crippen LogP contribution in [0.3, 0.4) is 0 Å². The molecule has 0 atom stereocenters. The van der Waals surface area contributed by atoms with E-state index in [0.717, 1.165) is 37.2 Å². The van der Waals surface area contributed by atoms with Crippen LogP contribution in [0.25, 0.3) is 22.9 Å². The van der Waals surface area contributed by atoms with Gasteiger partial charge in [-0.05, 0) is 61.4 Å². The minimum absolute atomic E-state index is 0.200. The summed E-state index contributed by atoms with van der Waals surface area (Å²) in [6.45, 7) is 2.15. The van der Waals surface area contributed by atoms with Gasteiger partial charge in [-0.25, -0.2) is 27.2 Å². The van der Waals surface area contributed by atoms with Crippen molar-refractivity contribution in [1.29, 1.82) is 0 Å². The standard InChI is InChI=1S/C27H31F2N7O3S/c28-27(29)10-14-36(15-11-27)23-3-1-2-21(30-23)25-31-24(32-33-25)20-5-4-19(34-40(38,39)17-16-37)18-22(20)35-12-8-26(6-7-26)9-13-35/h1-5,16-18,34,37H,6-15H2,(H,31,32,33). The Morgan fingerprint density at radius 1 is 0.950 bits per heavy atom. The molecule has 0 unspecified atom stereocenters. The molecule has 40 heavy (non-hydrogen) atoms. The van der Waals surface area contributed by atoms with Gasteiger partial charge in [-0.15, -0.1) is 0 Å². The van der Waals surface area contributed by atoms with Gasteiger partial charge >= 0.3 is 0 Å². The van der Waals surface area contributed by atoms with Crippen LogP contribution in [-0.2, 0) is 10.0 Å². The lowest BCUT2D eigenvalue weighted by molar-refractivity contribution is -0.0221. The Morgan fingerprint density at radius 3 is 2.38 bits per heavy atom. The number of rotatable bonds is 7. The summed E-state index contributed by atoms with van der Waals surface area (Å²) in [6, 6.07) is 10.6. The van der Waals surface area contributed by atoms with E-state index in [4.69, 9.17) is 10.1 Å². The molecular formula is C27H31F2N7O3S. The van der Waals surface area contributed by atoms with Crippen molar-refractivity contribution in [2.45, 2.75) is 44.4 Å². The zero-order valence-electron chi connectivity index (χ0n) is 21.9. The van der Waals surface area contributed by atoms with Crippen LogP contribution in [-0.4, -0.2) is 65.8 Å². The van der Waals surface area contributed by atoms with Crippen molar-refractivity contribution in [3.05, 3.63) is 48.1 Å². The number of H-pyrrole nitrogens is 1. The molecule has 1 saturated carbocycles. The number of pyridine rings is 1. The van der Waals surface area contributed by atoms with Crippen LogP contribution in [0.15, 0.2) is 48.1 Å². The highest BCUT2D eigenvalue weighted by atomic mass is 32.2. The lowest BCUT2D eigenvalue weighted by Crippen LogP contribution is -2.39. The molecule has 2 aliphatic heterocycles. The zero-order chi connectivity index (χ0) is 28.0. The monoisotopic (exact) mass is 571 g/mol. The van der Waals surface area contributed by atoms with Gasteiger partial charge in [-0.3, -0.25) is 9.82 Å². The summed E-state index contributed by atoms with van der Waals surface area (Å²) in [7, 11) is -3.86. The minimum atomic E-state index is -3.86. The third-order valence-electron chi connectivity index (χ3n) is 8.14. The lowest BCUT2D eigenvalue weighted by Gasteiger charge is -2.35. The highest BCUT2D eigenvalue weighted by Gasteiger charge is 2.44. The van der Waals surface area contributed by atoms with Crippen molar-refractivity contribution in [3.8, 4) is 22.9 Å². The maximum absolute atomic E-state index is 13.6. The number of sulfonamides is 1. The molecule has 0 bridgehead atoms. The third kappa shape index (κ3) is 5.60. The molecule has 0 radical (unpaired) electrons. The third-order valence-corrected chi connectivity index (χ3v) is 9.14. The van der Waals surface area contributed by atoms with Gasteiger partial charge in [-0.1, -0.05) is 6.07 Å². The number of hydrogen-bond donors (Lipinski definition) is 3. The SMILES string of the molecule is O=S(=O)(C=CO)Nc1ccc(-c2n[nH]c(-c3cccc(N4CCC(F)(F)CC4)n3)n2)c(N2CCC3(CC2)CC3)c1. The summed E-state index contributed by atoms with van der Waals surface area (Å²) in [5.41, 5.74) is 2.92. The first-order valence-electron chi connectivity index (χ1n) is 13.4. The predicted octanol–water partition coefficient (Wildman–Crippen LogP) is 4.92. The maximum atomic E-state index is 13.6. The van der Waals surface area contributed by atoms with Crippen LogP contribution in [0.2, 0.25) is 0 Å². The molecule has 10 nitrogen and oxygen atoms in total. The molecule has 6 rings (SSSR count). The first-order chi connectivity index (χ1) is 19.1. The van der Waals surface area contributed by atoms with Crippen molar-refractivity contribution >= 4 is 27.2 Å². The summed E-state index contributed by atoms with van der Waals surface area (Å²) >= 11 is 0. The topological polar surface area (TPSA) is 127 Å². The second kappa shape index (κ2) is 10.0. The van der Waals surface area contributed by atoms with E-state index in [9.17, 15) is 17.2 Å². The van der Waals surface area contributed by atoms with Gasteiger partial charge in [0.2, 0.25) is 0 Å². The number of benzene rings is 1. The molecule has 1 aliphatic carbocycles. The number of anilines is 3. The quantitative estimate of drug-likeness (QED) is 0.341. The molecular weight excluding hydrogens is 540 g/mol. The number of halogens is 2. The molecule has 1 aromatic carbocycles. The molecule has 1 spiro atoms. The summed E-state index contributed by atoms with van der Waals surface area (Å²) in [6.07, 6.45) is 4.76. The first-order valence-corrected chi connectivity index (χ1v) is 14.9. The van der Waals surface area contributed by atoms with Crippen LogP contribution in [0.5, 0.6) is 0 Å². The van der Waals surface area contributed by atoms with Crippen molar-refractivity contribution in [2.24, 2.45) is 5.41 Å². The first kappa shape index (κ1) is 26.5. The lowest BCUT2D eigenvalue weighted by atomic mass is 9.93. The molecule has 0 amide bonds. The largest absolute Gasteiger partial charge is 0.515 e. The van der Waals surface area contributed by atoms with Crippen LogP contribution in [0.1, 0.15) is 38.5 Å². The van der Waals surface area contributed by atoms with Crippen LogP contribution >= 0.6 is 0 Å². The van der Waals surface area contributed by atoms with E-state index in [1.807, 2.05) is 11.0 Å². The van der Waals surface area contributed by atoms with E-state index in [0.29, 0.717) is 45.9 Å². The zero-order valence-corrected chi connectivity index (χ0v) is 22.7. The molecule has 2 aromatic heterocycles. The Morgan fingerprint density at radius 2 is 1.68 bits per heavy atom. The average molecular weight is 572 g/mol. The highest BCUT2D eigenvalue weighted by molar-refractivity contribution is 7.95. The van der Waals surface area contributed by atoms with Crippen molar-refractivity contribution in [2.75, 3.05) is 40.7 Å². The van der Waals surface area contributed by atoms with Gasteiger partial charge in [0.1, 0.15) is 11.5 Å². The van der Waals surface area contributed by atoms with Gasteiger partial charge in [0, 0.05) is 50.3 Å². The number of aromatic nitrogens is 4. The summed E-state index contributed by atoms with van der Waals surface area (Å²) < 4.78 is 54.2. The Labute approximate surface area is 231 Å². The summed E-state index contributed by atoms with van der Waals surface area (Å²) in [5.74, 6) is -1.14. The Balaban J connectivity index is 1.29. The van der Waals surface area contributed by atoms with Gasteiger partial charge in [0.15, 0.2) is 11.6 Å². The normalized spacial score (nSPS) is 20.2. The fraction of sp³-hybridized carbons (Fsp3) is 0.444. The molecule has 212 valence electrons. The van der Waals surface area contributed by atoms with Gasteiger partial charge in [-0.2, -0.15) is 5.10 Å².